The van der Waals surface area contributed by atoms with Crippen LogP contribution in [0, 0.1) is 0 Å². The van der Waals surface area contributed by atoms with Crippen LogP contribution in [0.2, 0.25) is 5.15 Å². The van der Waals surface area contributed by atoms with E-state index in [0.29, 0.717) is 36.9 Å². The summed E-state index contributed by atoms with van der Waals surface area (Å²) < 4.78 is 1.84. The van der Waals surface area contributed by atoms with Crippen LogP contribution in [0.1, 0.15) is 12.1 Å². The molecule has 1 fully saturated rings. The quantitative estimate of drug-likeness (QED) is 0.849. The number of fused-ring (bicyclic) bond motifs is 1. The number of carbonyl (C=O) groups is 2. The van der Waals surface area contributed by atoms with Crippen LogP contribution in [0.5, 0.6) is 0 Å². The number of hydrogen-bond donors (Lipinski definition) is 1. The number of nitrogens with zero attached hydrogens (tertiary/aromatic N) is 3. The van der Waals surface area contributed by atoms with Crippen molar-refractivity contribution in [3.8, 4) is 0 Å². The Kier molecular flexibility index (Phi) is 3.94. The van der Waals surface area contributed by atoms with Gasteiger partial charge in [-0.15, -0.1) is 11.3 Å². The first-order chi connectivity index (χ1) is 10.1. The summed E-state index contributed by atoms with van der Waals surface area (Å²) in [6.07, 6.45) is 5.33. The first-order valence-corrected chi connectivity index (χ1v) is 7.75. The molecule has 1 aliphatic rings. The average molecular weight is 325 g/mol. The first kappa shape index (κ1) is 14.1. The molecule has 110 valence electrons. The molecular formula is C13H13ClN4O2S. The van der Waals surface area contributed by atoms with Crippen molar-refractivity contribution >= 4 is 45.8 Å². The zero-order valence-corrected chi connectivity index (χ0v) is 12.7. The van der Waals surface area contributed by atoms with E-state index >= 15 is 0 Å². The standard InChI is InChI=1S/C13H13ClN4O2S/c14-12-9(18-7-8-21-13(18)16-12)1-2-11(20)17-5-3-10(19)15-4-6-17/h1-2,7-8H,3-6H2,(H,15,19). The molecule has 0 aromatic carbocycles. The lowest BCUT2D eigenvalue weighted by Crippen LogP contribution is -2.32. The molecule has 8 heteroatoms. The molecule has 1 saturated heterocycles. The molecule has 0 aliphatic carbocycles. The zero-order valence-electron chi connectivity index (χ0n) is 11.1. The number of halogens is 1. The summed E-state index contributed by atoms with van der Waals surface area (Å²) in [6.45, 7) is 1.44. The molecule has 0 saturated carbocycles. The Morgan fingerprint density at radius 2 is 2.33 bits per heavy atom. The maximum Gasteiger partial charge on any atom is 0.246 e. The maximum atomic E-state index is 12.2. The van der Waals surface area contributed by atoms with Crippen LogP contribution < -0.4 is 5.32 Å². The highest BCUT2D eigenvalue weighted by Gasteiger charge is 2.17. The van der Waals surface area contributed by atoms with Gasteiger partial charge in [0.05, 0.1) is 5.69 Å². The highest BCUT2D eigenvalue weighted by atomic mass is 35.5. The molecule has 0 unspecified atom stereocenters. The highest BCUT2D eigenvalue weighted by molar-refractivity contribution is 7.15. The average Bonchev–Trinajstić information content (AvgIpc) is 2.92. The lowest BCUT2D eigenvalue weighted by atomic mass is 10.3. The van der Waals surface area contributed by atoms with Gasteiger partial charge in [0.1, 0.15) is 0 Å². The second kappa shape index (κ2) is 5.87. The third-order valence-corrected chi connectivity index (χ3v) is 4.30. The number of nitrogens with one attached hydrogen (secondary N) is 1. The van der Waals surface area contributed by atoms with Crippen LogP contribution in [-0.2, 0) is 9.59 Å². The zero-order chi connectivity index (χ0) is 14.8. The molecule has 1 N–H and O–H groups in total. The van der Waals surface area contributed by atoms with E-state index in [-0.39, 0.29) is 11.8 Å². The van der Waals surface area contributed by atoms with E-state index in [9.17, 15) is 9.59 Å². The molecule has 3 heterocycles. The Hall–Kier alpha value is -1.86. The topological polar surface area (TPSA) is 66.7 Å². The minimum Gasteiger partial charge on any atom is -0.354 e. The third kappa shape index (κ3) is 2.93. The minimum atomic E-state index is -0.132. The highest BCUT2D eigenvalue weighted by Crippen LogP contribution is 2.22. The number of amides is 2. The van der Waals surface area contributed by atoms with Crippen molar-refractivity contribution in [2.24, 2.45) is 0 Å². The summed E-state index contributed by atoms with van der Waals surface area (Å²) in [6, 6.07) is 0. The van der Waals surface area contributed by atoms with E-state index < -0.39 is 0 Å². The van der Waals surface area contributed by atoms with Gasteiger partial charge in [-0.25, -0.2) is 4.98 Å². The van der Waals surface area contributed by atoms with Crippen LogP contribution >= 0.6 is 22.9 Å². The van der Waals surface area contributed by atoms with Gasteiger partial charge in [0.2, 0.25) is 11.8 Å². The molecule has 0 atom stereocenters. The molecule has 6 nitrogen and oxygen atoms in total. The van der Waals surface area contributed by atoms with Gasteiger partial charge in [0.15, 0.2) is 10.1 Å². The number of rotatable bonds is 2. The third-order valence-electron chi connectivity index (χ3n) is 3.26. The van der Waals surface area contributed by atoms with Crippen LogP contribution in [-0.4, -0.2) is 45.7 Å². The summed E-state index contributed by atoms with van der Waals surface area (Å²) in [5.41, 5.74) is 0.685. The van der Waals surface area contributed by atoms with Crippen molar-refractivity contribution in [1.82, 2.24) is 19.6 Å². The molecule has 2 amide bonds. The Morgan fingerprint density at radius 3 is 3.19 bits per heavy atom. The summed E-state index contributed by atoms with van der Waals surface area (Å²) in [4.78, 5) is 30.1. The smallest absolute Gasteiger partial charge is 0.246 e. The summed E-state index contributed by atoms with van der Waals surface area (Å²) in [5, 5.41) is 5.02. The Morgan fingerprint density at radius 1 is 1.48 bits per heavy atom. The molecule has 0 bridgehead atoms. The van der Waals surface area contributed by atoms with Crippen molar-refractivity contribution in [3.05, 3.63) is 28.5 Å². The van der Waals surface area contributed by atoms with Gasteiger partial charge in [0.25, 0.3) is 0 Å². The van der Waals surface area contributed by atoms with Gasteiger partial charge in [-0.3, -0.25) is 14.0 Å². The van der Waals surface area contributed by atoms with Crippen molar-refractivity contribution < 1.29 is 9.59 Å². The Balaban J connectivity index is 1.76. The molecule has 1 aliphatic heterocycles. The summed E-state index contributed by atoms with van der Waals surface area (Å²) in [7, 11) is 0. The van der Waals surface area contributed by atoms with E-state index in [0.717, 1.165) is 4.96 Å². The second-order valence-corrected chi connectivity index (χ2v) is 5.83. The number of imidazole rings is 1. The minimum absolute atomic E-state index is 0.0203. The Bertz CT molecular complexity index is 721. The van der Waals surface area contributed by atoms with E-state index in [1.807, 2.05) is 16.0 Å². The fraction of sp³-hybridized carbons (Fsp3) is 0.308. The fourth-order valence-electron chi connectivity index (χ4n) is 2.17. The summed E-state index contributed by atoms with van der Waals surface area (Å²) in [5.74, 6) is -0.152. The Labute approximate surface area is 130 Å². The number of aromatic nitrogens is 2. The molecule has 0 radical (unpaired) electrons. The van der Waals surface area contributed by atoms with Crippen molar-refractivity contribution in [3.63, 3.8) is 0 Å². The van der Waals surface area contributed by atoms with Crippen molar-refractivity contribution in [2.45, 2.75) is 6.42 Å². The van der Waals surface area contributed by atoms with Crippen molar-refractivity contribution in [1.29, 1.82) is 0 Å². The molecule has 3 rings (SSSR count). The van der Waals surface area contributed by atoms with E-state index in [1.165, 1.54) is 17.4 Å². The van der Waals surface area contributed by atoms with Gasteiger partial charge < -0.3 is 10.2 Å². The normalized spacial score (nSPS) is 16.4. The fourth-order valence-corrected chi connectivity index (χ4v) is 3.17. The lowest BCUT2D eigenvalue weighted by Gasteiger charge is -2.16. The summed E-state index contributed by atoms with van der Waals surface area (Å²) >= 11 is 7.55. The van der Waals surface area contributed by atoms with Gasteiger partial charge in [-0.1, -0.05) is 11.6 Å². The monoisotopic (exact) mass is 324 g/mol. The number of hydrogen-bond acceptors (Lipinski definition) is 4. The molecule has 2 aromatic rings. The predicted octanol–water partition coefficient (Wildman–Crippen LogP) is 1.41. The van der Waals surface area contributed by atoms with E-state index in [2.05, 4.69) is 10.3 Å². The number of carbonyl (C=O) groups excluding carboxylic acids is 2. The van der Waals surface area contributed by atoms with Crippen LogP contribution in [0.3, 0.4) is 0 Å². The van der Waals surface area contributed by atoms with E-state index in [4.69, 9.17) is 11.6 Å². The molecule has 2 aromatic heterocycles. The molecule has 21 heavy (non-hydrogen) atoms. The first-order valence-electron chi connectivity index (χ1n) is 6.50. The van der Waals surface area contributed by atoms with Gasteiger partial charge in [0, 0.05) is 43.7 Å². The SMILES string of the molecule is O=C1CCN(C(=O)C=Cc2c(Cl)nc3sccn23)CCN1. The van der Waals surface area contributed by atoms with Crippen LogP contribution in [0.4, 0.5) is 0 Å². The van der Waals surface area contributed by atoms with Gasteiger partial charge in [-0.05, 0) is 6.08 Å². The second-order valence-electron chi connectivity index (χ2n) is 4.60. The van der Waals surface area contributed by atoms with E-state index in [1.54, 1.807) is 11.0 Å². The van der Waals surface area contributed by atoms with Crippen LogP contribution in [0.15, 0.2) is 17.7 Å². The maximum absolute atomic E-state index is 12.2. The molecular weight excluding hydrogens is 312 g/mol. The lowest BCUT2D eigenvalue weighted by molar-refractivity contribution is -0.125. The molecule has 0 spiro atoms. The predicted molar refractivity (Wildman–Crippen MR) is 81.3 cm³/mol. The van der Waals surface area contributed by atoms with Gasteiger partial charge in [-0.2, -0.15) is 0 Å². The van der Waals surface area contributed by atoms with Crippen molar-refractivity contribution in [2.75, 3.05) is 19.6 Å². The number of thiazole rings is 1. The largest absolute Gasteiger partial charge is 0.354 e. The van der Waals surface area contributed by atoms with Crippen LogP contribution in [0.25, 0.3) is 11.0 Å². The van der Waals surface area contributed by atoms with Gasteiger partial charge >= 0.3 is 0 Å².